The molecule has 0 atom stereocenters. The maximum Gasteiger partial charge on any atom is 0.304 e. The van der Waals surface area contributed by atoms with E-state index in [0.29, 0.717) is 5.56 Å². The third kappa shape index (κ3) is 2.02. The molecule has 0 unspecified atom stereocenters. The Hall–Kier alpha value is -0.940. The first-order valence-corrected chi connectivity index (χ1v) is 3.41. The van der Waals surface area contributed by atoms with Crippen LogP contribution in [0.2, 0.25) is 0 Å². The molecule has 0 aromatic heterocycles. The van der Waals surface area contributed by atoms with E-state index in [4.69, 9.17) is 20.4 Å². The molecule has 0 bridgehead atoms. The molecule has 1 aromatic carbocycles. The van der Waals surface area contributed by atoms with Gasteiger partial charge in [-0.2, -0.15) is 0 Å². The summed E-state index contributed by atoms with van der Waals surface area (Å²) in [7, 11) is 0. The predicted molar refractivity (Wildman–Crippen MR) is 40.7 cm³/mol. The van der Waals surface area contributed by atoms with Crippen LogP contribution in [0.4, 0.5) is 0 Å². The molecule has 4 N–H and O–H groups in total. The quantitative estimate of drug-likeness (QED) is 0.441. The number of aliphatic hydroxyl groups is 4. The Balaban J connectivity index is 3.02. The van der Waals surface area contributed by atoms with Gasteiger partial charge in [0, 0.05) is 5.56 Å². The van der Waals surface area contributed by atoms with E-state index in [1.54, 1.807) is 6.07 Å². The van der Waals surface area contributed by atoms with Gasteiger partial charge in [0.2, 0.25) is 0 Å². The van der Waals surface area contributed by atoms with Gasteiger partial charge in [-0.3, -0.25) is 0 Å². The number of benzene rings is 1. The molecule has 4 nitrogen and oxygen atoms in total. The normalized spacial score (nSPS) is 11.7. The Bertz CT molecular complexity index is 264. The van der Waals surface area contributed by atoms with Crippen molar-refractivity contribution >= 4 is 0 Å². The fourth-order valence-electron chi connectivity index (χ4n) is 0.878. The molecule has 0 fully saturated rings. The fourth-order valence-corrected chi connectivity index (χ4v) is 0.878. The minimum atomic E-state index is -2.83. The van der Waals surface area contributed by atoms with Gasteiger partial charge in [-0.05, 0) is 11.6 Å². The number of aliphatic hydroxyl groups excluding tert-OH is 1. The van der Waals surface area contributed by atoms with Gasteiger partial charge in [-0.15, -0.1) is 0 Å². The van der Waals surface area contributed by atoms with Crippen LogP contribution < -0.4 is 0 Å². The van der Waals surface area contributed by atoms with Crippen molar-refractivity contribution in [1.82, 2.24) is 0 Å². The molecular formula is C8H10O4. The van der Waals surface area contributed by atoms with Gasteiger partial charge in [-0.25, -0.2) is 0 Å². The minimum absolute atomic E-state index is 0.0611. The standard InChI is InChI=1S/C8H10O4/c9-5-6-2-1-3-7(4-6)8(10,11)12/h1-4,9-12H,5H2. The molecule has 12 heavy (non-hydrogen) atoms. The van der Waals surface area contributed by atoms with Gasteiger partial charge < -0.3 is 20.4 Å². The average molecular weight is 170 g/mol. The van der Waals surface area contributed by atoms with E-state index in [2.05, 4.69) is 0 Å². The van der Waals surface area contributed by atoms with Gasteiger partial charge in [-0.1, -0.05) is 18.2 Å². The molecule has 0 spiro atoms. The fraction of sp³-hybridized carbons (Fsp3) is 0.250. The Morgan fingerprint density at radius 2 is 1.83 bits per heavy atom. The molecule has 66 valence electrons. The second-order valence-corrected chi connectivity index (χ2v) is 2.49. The molecule has 0 heterocycles. The Labute approximate surface area is 69.3 Å². The van der Waals surface area contributed by atoms with E-state index in [-0.39, 0.29) is 12.2 Å². The second kappa shape index (κ2) is 3.20. The lowest BCUT2D eigenvalue weighted by molar-refractivity contribution is -0.323. The molecule has 0 amide bonds. The third-order valence-corrected chi connectivity index (χ3v) is 1.50. The van der Waals surface area contributed by atoms with Crippen molar-refractivity contribution < 1.29 is 20.4 Å². The van der Waals surface area contributed by atoms with Crippen LogP contribution in [-0.4, -0.2) is 20.4 Å². The van der Waals surface area contributed by atoms with Gasteiger partial charge in [0.05, 0.1) is 6.61 Å². The van der Waals surface area contributed by atoms with Gasteiger partial charge in [0.25, 0.3) is 0 Å². The molecule has 1 rings (SSSR count). The third-order valence-electron chi connectivity index (χ3n) is 1.50. The maximum atomic E-state index is 8.74. The van der Waals surface area contributed by atoms with Gasteiger partial charge in [0.15, 0.2) is 0 Å². The van der Waals surface area contributed by atoms with E-state index in [9.17, 15) is 0 Å². The Morgan fingerprint density at radius 1 is 1.17 bits per heavy atom. The zero-order chi connectivity index (χ0) is 9.19. The van der Waals surface area contributed by atoms with Crippen molar-refractivity contribution in [3.8, 4) is 0 Å². The average Bonchev–Trinajstić information content (AvgIpc) is 2.03. The lowest BCUT2D eigenvalue weighted by atomic mass is 10.1. The van der Waals surface area contributed by atoms with Crippen molar-refractivity contribution in [2.75, 3.05) is 0 Å². The van der Waals surface area contributed by atoms with Crippen LogP contribution >= 0.6 is 0 Å². The summed E-state index contributed by atoms with van der Waals surface area (Å²) in [4.78, 5) is 0. The molecular weight excluding hydrogens is 160 g/mol. The summed E-state index contributed by atoms with van der Waals surface area (Å²) in [5.41, 5.74) is 0.447. The molecule has 4 heteroatoms. The Morgan fingerprint density at radius 3 is 2.33 bits per heavy atom. The molecule has 0 aliphatic carbocycles. The highest BCUT2D eigenvalue weighted by Gasteiger charge is 2.21. The summed E-state index contributed by atoms with van der Waals surface area (Å²) >= 11 is 0. The predicted octanol–water partition coefficient (Wildman–Crippen LogP) is -0.734. The smallest absolute Gasteiger partial charge is 0.304 e. The molecule has 1 aromatic rings. The molecule has 0 aliphatic rings. The van der Waals surface area contributed by atoms with Crippen LogP contribution in [0, 0.1) is 0 Å². The van der Waals surface area contributed by atoms with Crippen molar-refractivity contribution in [2.24, 2.45) is 0 Å². The van der Waals surface area contributed by atoms with E-state index >= 15 is 0 Å². The van der Waals surface area contributed by atoms with E-state index in [1.807, 2.05) is 0 Å². The van der Waals surface area contributed by atoms with E-state index in [0.717, 1.165) is 0 Å². The van der Waals surface area contributed by atoms with Crippen LogP contribution in [0.1, 0.15) is 11.1 Å². The minimum Gasteiger partial charge on any atom is -0.392 e. The monoisotopic (exact) mass is 170 g/mol. The second-order valence-electron chi connectivity index (χ2n) is 2.49. The molecule has 0 saturated carbocycles. The lowest BCUT2D eigenvalue weighted by Crippen LogP contribution is -2.23. The number of hydrogen-bond donors (Lipinski definition) is 4. The highest BCUT2D eigenvalue weighted by molar-refractivity contribution is 5.24. The SMILES string of the molecule is OCc1cccc(C(O)(O)O)c1. The van der Waals surface area contributed by atoms with E-state index in [1.165, 1.54) is 18.2 Å². The molecule has 0 aliphatic heterocycles. The first kappa shape index (κ1) is 9.15. The number of rotatable bonds is 2. The number of hydrogen-bond acceptors (Lipinski definition) is 4. The topological polar surface area (TPSA) is 80.9 Å². The van der Waals surface area contributed by atoms with Gasteiger partial charge >= 0.3 is 5.97 Å². The maximum absolute atomic E-state index is 8.74. The van der Waals surface area contributed by atoms with Crippen LogP contribution in [0.5, 0.6) is 0 Å². The lowest BCUT2D eigenvalue weighted by Gasteiger charge is -2.14. The molecule has 0 saturated heterocycles. The van der Waals surface area contributed by atoms with Crippen LogP contribution in [0.3, 0.4) is 0 Å². The van der Waals surface area contributed by atoms with E-state index < -0.39 is 5.97 Å². The summed E-state index contributed by atoms with van der Waals surface area (Å²) < 4.78 is 0. The van der Waals surface area contributed by atoms with Crippen molar-refractivity contribution in [2.45, 2.75) is 12.6 Å². The summed E-state index contributed by atoms with van der Waals surface area (Å²) in [6, 6.07) is 5.77. The van der Waals surface area contributed by atoms with Crippen LogP contribution in [-0.2, 0) is 12.6 Å². The first-order valence-electron chi connectivity index (χ1n) is 3.41. The van der Waals surface area contributed by atoms with Gasteiger partial charge in [0.1, 0.15) is 0 Å². The first-order chi connectivity index (χ1) is 5.54. The molecule has 0 radical (unpaired) electrons. The highest BCUT2D eigenvalue weighted by Crippen LogP contribution is 2.15. The van der Waals surface area contributed by atoms with Crippen molar-refractivity contribution in [1.29, 1.82) is 0 Å². The summed E-state index contributed by atoms with van der Waals surface area (Å²) in [6.07, 6.45) is 0. The zero-order valence-corrected chi connectivity index (χ0v) is 6.31. The van der Waals surface area contributed by atoms with Crippen LogP contribution in [0.25, 0.3) is 0 Å². The van der Waals surface area contributed by atoms with Crippen molar-refractivity contribution in [3.63, 3.8) is 0 Å². The highest BCUT2D eigenvalue weighted by atomic mass is 16.7. The largest absolute Gasteiger partial charge is 0.392 e. The zero-order valence-electron chi connectivity index (χ0n) is 6.31. The summed E-state index contributed by atoms with van der Waals surface area (Å²) in [5.74, 6) is -2.83. The van der Waals surface area contributed by atoms with Crippen molar-refractivity contribution in [3.05, 3.63) is 35.4 Å². The van der Waals surface area contributed by atoms with Crippen LogP contribution in [0.15, 0.2) is 24.3 Å². The Kier molecular flexibility index (Phi) is 2.44. The summed E-state index contributed by atoms with van der Waals surface area (Å²) in [5, 5.41) is 34.9. The summed E-state index contributed by atoms with van der Waals surface area (Å²) in [6.45, 7) is -0.204.